The lowest BCUT2D eigenvalue weighted by Crippen LogP contribution is -2.30. The summed E-state index contributed by atoms with van der Waals surface area (Å²) in [6, 6.07) is 0. The third-order valence-electron chi connectivity index (χ3n) is 13.1. The first kappa shape index (κ1) is 77.2. The van der Waals surface area contributed by atoms with Gasteiger partial charge in [0, 0.05) is 19.3 Å². The summed E-state index contributed by atoms with van der Waals surface area (Å²) in [6.45, 7) is 6.22. The standard InChI is InChI=1S/C77H118O6/c1-4-7-10-13-16-19-22-25-28-30-32-34-35-36-37-38-39-40-41-43-44-46-49-52-55-58-61-64-67-70-76(79)82-73-74(72-81-75(78)69-66-63-60-57-54-51-48-27-24-21-18-15-12-9-6-3)83-77(80)71-68-65-62-59-56-53-50-47-45-42-33-31-29-26-23-20-17-14-11-8-5-2/h7-12,16-21,25-29,32-34,36-37,39-40,42-44,48-49,52,54,57,74H,4-6,13-15,22-24,30-31,35,38,41,45-47,50-51,53,55-56,58-73H2,1-3H3/b10-7-,11-8-,12-9-,19-16-,20-17-,21-18-,28-25-,29-26-,34-32-,37-36-,40-39-,42-33-,44-43-,48-27-,52-49-,57-54-. The predicted molar refractivity (Wildman–Crippen MR) is 361 cm³/mol. The Kier molecular flexibility index (Phi) is 64.0. The van der Waals surface area contributed by atoms with Crippen molar-refractivity contribution >= 4 is 17.9 Å². The summed E-state index contributed by atoms with van der Waals surface area (Å²) >= 11 is 0. The number of unbranched alkanes of at least 4 members (excludes halogenated alkanes) is 14. The van der Waals surface area contributed by atoms with Crippen molar-refractivity contribution in [2.45, 2.75) is 258 Å². The highest BCUT2D eigenvalue weighted by molar-refractivity contribution is 5.71. The van der Waals surface area contributed by atoms with Gasteiger partial charge in [0.15, 0.2) is 6.10 Å². The fraction of sp³-hybridized carbons (Fsp3) is 0.545. The van der Waals surface area contributed by atoms with Gasteiger partial charge in [-0.1, -0.05) is 267 Å². The van der Waals surface area contributed by atoms with E-state index in [1.807, 2.05) is 0 Å². The molecule has 0 fully saturated rings. The summed E-state index contributed by atoms with van der Waals surface area (Å²) < 4.78 is 16.9. The summed E-state index contributed by atoms with van der Waals surface area (Å²) in [5, 5.41) is 0. The zero-order chi connectivity index (χ0) is 59.9. The van der Waals surface area contributed by atoms with Crippen molar-refractivity contribution in [2.24, 2.45) is 0 Å². The molecule has 0 aromatic carbocycles. The molecule has 462 valence electrons. The first-order valence-corrected chi connectivity index (χ1v) is 32.9. The molecule has 0 radical (unpaired) electrons. The van der Waals surface area contributed by atoms with Crippen molar-refractivity contribution in [3.05, 3.63) is 194 Å². The third kappa shape index (κ3) is 66.9. The molecule has 0 N–H and O–H groups in total. The lowest BCUT2D eigenvalue weighted by Gasteiger charge is -2.18. The van der Waals surface area contributed by atoms with E-state index < -0.39 is 6.10 Å². The van der Waals surface area contributed by atoms with Crippen LogP contribution in [-0.4, -0.2) is 37.2 Å². The minimum atomic E-state index is -0.824. The topological polar surface area (TPSA) is 78.9 Å². The average Bonchev–Trinajstić information content (AvgIpc) is 3.49. The van der Waals surface area contributed by atoms with Crippen LogP contribution in [0.1, 0.15) is 252 Å². The van der Waals surface area contributed by atoms with E-state index in [9.17, 15) is 14.4 Å². The number of ether oxygens (including phenoxy) is 3. The van der Waals surface area contributed by atoms with E-state index in [0.29, 0.717) is 19.3 Å². The Labute approximate surface area is 509 Å². The zero-order valence-electron chi connectivity index (χ0n) is 52.9. The van der Waals surface area contributed by atoms with Crippen LogP contribution in [0.4, 0.5) is 0 Å². The van der Waals surface area contributed by atoms with Gasteiger partial charge in [-0.3, -0.25) is 14.4 Å². The Bertz CT molecular complexity index is 1990. The Morgan fingerprint density at radius 1 is 0.241 bits per heavy atom. The summed E-state index contributed by atoms with van der Waals surface area (Å²) in [4.78, 5) is 38.4. The fourth-order valence-corrected chi connectivity index (χ4v) is 8.26. The van der Waals surface area contributed by atoms with E-state index in [1.165, 1.54) is 32.1 Å². The van der Waals surface area contributed by atoms with Crippen molar-refractivity contribution < 1.29 is 28.6 Å². The minimum absolute atomic E-state index is 0.118. The second kappa shape index (κ2) is 68.7. The molecule has 0 heterocycles. The Hall–Kier alpha value is -5.75. The zero-order valence-corrected chi connectivity index (χ0v) is 52.9. The van der Waals surface area contributed by atoms with Crippen LogP contribution >= 0.6 is 0 Å². The number of rotatable bonds is 57. The molecule has 0 rings (SSSR count). The fourth-order valence-electron chi connectivity index (χ4n) is 8.26. The van der Waals surface area contributed by atoms with E-state index in [0.717, 1.165) is 173 Å². The van der Waals surface area contributed by atoms with E-state index in [1.54, 1.807) is 0 Å². The van der Waals surface area contributed by atoms with Gasteiger partial charge in [0.1, 0.15) is 13.2 Å². The van der Waals surface area contributed by atoms with Gasteiger partial charge in [-0.25, -0.2) is 0 Å². The molecule has 1 unspecified atom stereocenters. The number of hydrogen-bond acceptors (Lipinski definition) is 6. The highest BCUT2D eigenvalue weighted by Crippen LogP contribution is 2.14. The number of carbonyl (C=O) groups excluding carboxylic acids is 3. The van der Waals surface area contributed by atoms with E-state index in [4.69, 9.17) is 14.2 Å². The smallest absolute Gasteiger partial charge is 0.306 e. The van der Waals surface area contributed by atoms with E-state index >= 15 is 0 Å². The first-order valence-electron chi connectivity index (χ1n) is 32.9. The highest BCUT2D eigenvalue weighted by Gasteiger charge is 2.19. The molecule has 0 aliphatic heterocycles. The minimum Gasteiger partial charge on any atom is -0.462 e. The molecule has 6 nitrogen and oxygen atoms in total. The molecule has 1 atom stereocenters. The largest absolute Gasteiger partial charge is 0.462 e. The van der Waals surface area contributed by atoms with E-state index in [-0.39, 0.29) is 37.5 Å². The maximum Gasteiger partial charge on any atom is 0.306 e. The summed E-state index contributed by atoms with van der Waals surface area (Å²) in [5.41, 5.74) is 0. The van der Waals surface area contributed by atoms with Crippen LogP contribution in [0.3, 0.4) is 0 Å². The molecule has 6 heteroatoms. The molecule has 0 aromatic rings. The van der Waals surface area contributed by atoms with Crippen LogP contribution in [0, 0.1) is 0 Å². The Morgan fingerprint density at radius 2 is 0.434 bits per heavy atom. The lowest BCUT2D eigenvalue weighted by molar-refractivity contribution is -0.167. The molecule has 0 spiro atoms. The molecule has 0 saturated heterocycles. The van der Waals surface area contributed by atoms with Crippen molar-refractivity contribution in [2.75, 3.05) is 13.2 Å². The van der Waals surface area contributed by atoms with E-state index in [2.05, 4.69) is 215 Å². The molecule has 0 amide bonds. The van der Waals surface area contributed by atoms with Gasteiger partial charge >= 0.3 is 17.9 Å². The molecular formula is C77H118O6. The van der Waals surface area contributed by atoms with Gasteiger partial charge in [0.05, 0.1) is 0 Å². The molecule has 0 aromatic heterocycles. The molecule has 83 heavy (non-hydrogen) atoms. The van der Waals surface area contributed by atoms with Crippen LogP contribution in [0.2, 0.25) is 0 Å². The summed E-state index contributed by atoms with van der Waals surface area (Å²) in [7, 11) is 0. The van der Waals surface area contributed by atoms with Gasteiger partial charge in [0.2, 0.25) is 0 Å². The Balaban J connectivity index is 4.50. The van der Waals surface area contributed by atoms with Gasteiger partial charge < -0.3 is 14.2 Å². The molecule has 0 saturated carbocycles. The molecule has 0 bridgehead atoms. The Morgan fingerprint density at radius 3 is 0.699 bits per heavy atom. The summed E-state index contributed by atoms with van der Waals surface area (Å²) in [5.74, 6) is -0.999. The number of allylic oxidation sites excluding steroid dienone is 32. The van der Waals surface area contributed by atoms with Gasteiger partial charge in [-0.05, 0) is 161 Å². The van der Waals surface area contributed by atoms with Crippen molar-refractivity contribution in [3.8, 4) is 0 Å². The molecule has 0 aliphatic rings. The van der Waals surface area contributed by atoms with Crippen molar-refractivity contribution in [1.29, 1.82) is 0 Å². The van der Waals surface area contributed by atoms with Crippen molar-refractivity contribution in [1.82, 2.24) is 0 Å². The number of hydrogen-bond donors (Lipinski definition) is 0. The average molecular weight is 1140 g/mol. The first-order chi connectivity index (χ1) is 41.0. The normalized spacial score (nSPS) is 13.4. The maximum absolute atomic E-state index is 12.9. The predicted octanol–water partition coefficient (Wildman–Crippen LogP) is 23.0. The van der Waals surface area contributed by atoms with Crippen LogP contribution in [-0.2, 0) is 28.6 Å². The van der Waals surface area contributed by atoms with Gasteiger partial charge in [-0.15, -0.1) is 0 Å². The van der Waals surface area contributed by atoms with Crippen LogP contribution in [0.5, 0.6) is 0 Å². The monoisotopic (exact) mass is 1140 g/mol. The number of carbonyl (C=O) groups is 3. The lowest BCUT2D eigenvalue weighted by atomic mass is 10.1. The highest BCUT2D eigenvalue weighted by atomic mass is 16.6. The SMILES string of the molecule is CC/C=C\C/C=C\C/C=C\C/C=C\C/C=C\C/C=C\C/C=C\C/C=C\CCCCCCC(=O)OCC(COC(=O)CCCC/C=C\C/C=C\C/C=C\C/C=C\CC)OC(=O)CCCCCCCCCC/C=C\C/C=C\C/C=C\C/C=C\CC. The summed E-state index contributed by atoms with van der Waals surface area (Å²) in [6.07, 6.45) is 104. The van der Waals surface area contributed by atoms with Crippen molar-refractivity contribution in [3.63, 3.8) is 0 Å². The van der Waals surface area contributed by atoms with Crippen LogP contribution in [0.15, 0.2) is 194 Å². The number of esters is 3. The molecule has 0 aliphatic carbocycles. The van der Waals surface area contributed by atoms with Crippen LogP contribution < -0.4 is 0 Å². The second-order valence-electron chi connectivity index (χ2n) is 20.9. The van der Waals surface area contributed by atoms with Crippen LogP contribution in [0.25, 0.3) is 0 Å². The second-order valence-corrected chi connectivity index (χ2v) is 20.9. The third-order valence-corrected chi connectivity index (χ3v) is 13.1. The molecular weight excluding hydrogens is 1020 g/mol. The quantitative estimate of drug-likeness (QED) is 0.0261. The van der Waals surface area contributed by atoms with Gasteiger partial charge in [-0.2, -0.15) is 0 Å². The van der Waals surface area contributed by atoms with Gasteiger partial charge in [0.25, 0.3) is 0 Å². The maximum atomic E-state index is 12.9.